The summed E-state index contributed by atoms with van der Waals surface area (Å²) in [4.78, 5) is 29.3. The molecule has 3 nitrogen and oxygen atoms in total. The van der Waals surface area contributed by atoms with E-state index in [0.717, 1.165) is 42.5 Å². The smallest absolute Gasteiger partial charge is 0.162 e. The van der Waals surface area contributed by atoms with Crippen LogP contribution in [0.4, 0.5) is 0 Å². The first-order chi connectivity index (χ1) is 14.8. The zero-order chi connectivity index (χ0) is 23.4. The maximum atomic E-state index is 12.4. The lowest BCUT2D eigenvalue weighted by Gasteiger charge is -2.11. The maximum Gasteiger partial charge on any atom is 0.162 e. The Bertz CT molecular complexity index is 952. The van der Waals surface area contributed by atoms with Crippen molar-refractivity contribution in [2.24, 2.45) is 0 Å². The predicted molar refractivity (Wildman–Crippen MR) is 135 cm³/mol. The maximum absolute atomic E-state index is 12.4. The van der Waals surface area contributed by atoms with E-state index in [2.05, 4.69) is 39.5 Å². The number of hydrogen-bond donors (Lipinski definition) is 0. The van der Waals surface area contributed by atoms with Crippen molar-refractivity contribution < 1.29 is 9.59 Å². The van der Waals surface area contributed by atoms with E-state index in [9.17, 15) is 9.59 Å². The number of carbonyl (C=O) groups excluding carboxylic acids is 2. The van der Waals surface area contributed by atoms with Crippen LogP contribution in [0.15, 0.2) is 65.1 Å². The molecule has 0 fully saturated rings. The SMILES string of the molecule is C=C\C=C/C(=C(\C)CCC)C(=C\C)/c1csc(/C(=C/C(=C\CCC)C(C)=O)C(C)=O)n1. The molecule has 1 aromatic rings. The van der Waals surface area contributed by atoms with Crippen LogP contribution in [0.2, 0.25) is 0 Å². The number of nitrogens with zero attached hydrogens (tertiary/aromatic N) is 1. The van der Waals surface area contributed by atoms with Crippen molar-refractivity contribution in [2.45, 2.75) is 67.2 Å². The van der Waals surface area contributed by atoms with E-state index < -0.39 is 0 Å². The number of carbonyl (C=O) groups is 2. The number of aromatic nitrogens is 1. The summed E-state index contributed by atoms with van der Waals surface area (Å²) >= 11 is 1.43. The van der Waals surface area contributed by atoms with Crippen molar-refractivity contribution in [3.63, 3.8) is 0 Å². The van der Waals surface area contributed by atoms with Gasteiger partial charge in [-0.15, -0.1) is 11.3 Å². The van der Waals surface area contributed by atoms with Crippen molar-refractivity contribution in [1.82, 2.24) is 4.98 Å². The van der Waals surface area contributed by atoms with E-state index in [4.69, 9.17) is 4.98 Å². The van der Waals surface area contributed by atoms with Gasteiger partial charge in [0, 0.05) is 16.5 Å². The summed E-state index contributed by atoms with van der Waals surface area (Å²) in [6.45, 7) is 15.2. The van der Waals surface area contributed by atoms with Crippen LogP contribution in [-0.2, 0) is 9.59 Å². The molecular formula is C27H35NO2S. The molecule has 4 heteroatoms. The molecule has 0 N–H and O–H groups in total. The van der Waals surface area contributed by atoms with Crippen LogP contribution in [0.3, 0.4) is 0 Å². The average Bonchev–Trinajstić information content (AvgIpc) is 3.20. The van der Waals surface area contributed by atoms with Gasteiger partial charge in [-0.1, -0.05) is 69.2 Å². The summed E-state index contributed by atoms with van der Waals surface area (Å²) in [6, 6.07) is 0. The summed E-state index contributed by atoms with van der Waals surface area (Å²) in [6.07, 6.45) is 15.2. The fourth-order valence-corrected chi connectivity index (χ4v) is 4.06. The van der Waals surface area contributed by atoms with E-state index in [1.54, 1.807) is 12.2 Å². The molecule has 0 aliphatic heterocycles. The molecular weight excluding hydrogens is 402 g/mol. The molecule has 0 unspecified atom stereocenters. The van der Waals surface area contributed by atoms with Gasteiger partial charge >= 0.3 is 0 Å². The second kappa shape index (κ2) is 13.7. The zero-order valence-corrected chi connectivity index (χ0v) is 20.6. The van der Waals surface area contributed by atoms with Crippen molar-refractivity contribution in [2.75, 3.05) is 0 Å². The van der Waals surface area contributed by atoms with E-state index in [1.807, 2.05) is 24.5 Å². The zero-order valence-electron chi connectivity index (χ0n) is 19.7. The fraction of sp³-hybridized carbons (Fsp3) is 0.370. The molecule has 0 saturated carbocycles. The highest BCUT2D eigenvalue weighted by Gasteiger charge is 2.17. The van der Waals surface area contributed by atoms with E-state index in [-0.39, 0.29) is 11.6 Å². The Labute approximate surface area is 191 Å². The monoisotopic (exact) mass is 437 g/mol. The summed E-state index contributed by atoms with van der Waals surface area (Å²) in [7, 11) is 0. The van der Waals surface area contributed by atoms with Gasteiger partial charge in [-0.05, 0) is 52.2 Å². The Kier molecular flexibility index (Phi) is 11.7. The number of Topliss-reactive ketones (excluding diaryl/α,β-unsaturated/α-hetero) is 2. The number of ketones is 2. The van der Waals surface area contributed by atoms with E-state index in [1.165, 1.54) is 30.8 Å². The molecule has 1 aromatic heterocycles. The Balaban J connectivity index is 3.52. The number of hydrogen-bond acceptors (Lipinski definition) is 4. The lowest BCUT2D eigenvalue weighted by Crippen LogP contribution is -2.01. The molecule has 0 aliphatic rings. The third kappa shape index (κ3) is 7.87. The van der Waals surface area contributed by atoms with Crippen molar-refractivity contribution in [3.05, 3.63) is 75.8 Å². The van der Waals surface area contributed by atoms with Crippen molar-refractivity contribution >= 4 is 34.0 Å². The Hall–Kier alpha value is -2.59. The van der Waals surface area contributed by atoms with Gasteiger partial charge in [0.25, 0.3) is 0 Å². The van der Waals surface area contributed by atoms with E-state index >= 15 is 0 Å². The highest BCUT2D eigenvalue weighted by atomic mass is 32.1. The Morgan fingerprint density at radius 1 is 1.10 bits per heavy atom. The van der Waals surface area contributed by atoms with Crippen LogP contribution in [0.5, 0.6) is 0 Å². The molecule has 31 heavy (non-hydrogen) atoms. The third-order valence-electron chi connectivity index (χ3n) is 4.81. The number of rotatable bonds is 12. The summed E-state index contributed by atoms with van der Waals surface area (Å²) in [5.74, 6) is -0.149. The second-order valence-corrected chi connectivity index (χ2v) is 8.26. The van der Waals surface area contributed by atoms with Gasteiger partial charge in [-0.25, -0.2) is 4.98 Å². The minimum absolute atomic E-state index is 0.0481. The number of allylic oxidation sites excluding steroid dienone is 11. The summed E-state index contributed by atoms with van der Waals surface area (Å²) in [5.41, 5.74) is 5.30. The molecule has 0 aliphatic carbocycles. The quantitative estimate of drug-likeness (QED) is 0.249. The van der Waals surface area contributed by atoms with Crippen LogP contribution in [-0.4, -0.2) is 16.6 Å². The second-order valence-electron chi connectivity index (χ2n) is 7.40. The van der Waals surface area contributed by atoms with Crippen LogP contribution in [0.1, 0.15) is 77.9 Å². The van der Waals surface area contributed by atoms with Crippen molar-refractivity contribution in [1.29, 1.82) is 0 Å². The van der Waals surface area contributed by atoms with E-state index in [0.29, 0.717) is 16.2 Å². The van der Waals surface area contributed by atoms with Crippen LogP contribution in [0.25, 0.3) is 11.1 Å². The number of unbranched alkanes of at least 4 members (excludes halogenated alkanes) is 1. The minimum Gasteiger partial charge on any atom is -0.295 e. The van der Waals surface area contributed by atoms with Crippen molar-refractivity contribution in [3.8, 4) is 0 Å². The Morgan fingerprint density at radius 2 is 1.81 bits per heavy atom. The molecule has 0 spiro atoms. The fourth-order valence-electron chi connectivity index (χ4n) is 3.17. The van der Waals surface area contributed by atoms with Gasteiger partial charge in [-0.3, -0.25) is 9.59 Å². The van der Waals surface area contributed by atoms with Gasteiger partial charge in [0.15, 0.2) is 11.6 Å². The third-order valence-corrected chi connectivity index (χ3v) is 5.69. The van der Waals surface area contributed by atoms with Crippen LogP contribution < -0.4 is 0 Å². The Morgan fingerprint density at radius 3 is 2.32 bits per heavy atom. The van der Waals surface area contributed by atoms with Crippen LogP contribution in [0, 0.1) is 0 Å². The normalized spacial score (nSPS) is 14.1. The van der Waals surface area contributed by atoms with Gasteiger partial charge < -0.3 is 0 Å². The first-order valence-corrected chi connectivity index (χ1v) is 11.7. The van der Waals surface area contributed by atoms with Gasteiger partial charge in [0.1, 0.15) is 5.01 Å². The average molecular weight is 438 g/mol. The molecule has 0 aromatic carbocycles. The van der Waals surface area contributed by atoms with Gasteiger partial charge in [0.2, 0.25) is 0 Å². The predicted octanol–water partition coefficient (Wildman–Crippen LogP) is 7.69. The van der Waals surface area contributed by atoms with Gasteiger partial charge in [0.05, 0.1) is 11.3 Å². The highest BCUT2D eigenvalue weighted by Crippen LogP contribution is 2.32. The minimum atomic E-state index is -0.101. The molecule has 0 radical (unpaired) electrons. The molecule has 1 rings (SSSR count). The molecule has 166 valence electrons. The lowest BCUT2D eigenvalue weighted by atomic mass is 9.95. The lowest BCUT2D eigenvalue weighted by molar-refractivity contribution is -0.113. The molecule has 1 heterocycles. The standard InChI is InChI=1S/C27H35NO2S/c1-8-12-15-22(20(6)29)17-25(21(7)30)27-28-26(18-31-27)23(11-4)24(16-13-9-2)19(5)14-10-3/h9,11,13,15-18H,2,8,10,12,14H2,1,3-7H3/b16-13-,22-15+,23-11+,24-19-,25-17+. The summed E-state index contributed by atoms with van der Waals surface area (Å²) < 4.78 is 0. The number of thiazole rings is 1. The van der Waals surface area contributed by atoms with Crippen LogP contribution >= 0.6 is 11.3 Å². The molecule has 0 saturated heterocycles. The summed E-state index contributed by atoms with van der Waals surface area (Å²) in [5, 5.41) is 2.61. The topological polar surface area (TPSA) is 47.0 Å². The first-order valence-electron chi connectivity index (χ1n) is 10.9. The molecule has 0 bridgehead atoms. The molecule has 0 amide bonds. The molecule has 0 atom stereocenters. The highest BCUT2D eigenvalue weighted by molar-refractivity contribution is 7.11. The largest absolute Gasteiger partial charge is 0.295 e. The first kappa shape index (κ1) is 26.4. The van der Waals surface area contributed by atoms with Gasteiger partial charge in [-0.2, -0.15) is 0 Å².